The Balaban J connectivity index is 1.47. The monoisotopic (exact) mass is 423 g/mol. The lowest BCUT2D eigenvalue weighted by Crippen LogP contribution is -2.47. The van der Waals surface area contributed by atoms with Gasteiger partial charge in [0.1, 0.15) is 17.2 Å². The first-order valence-electron chi connectivity index (χ1n) is 9.66. The summed E-state index contributed by atoms with van der Waals surface area (Å²) in [5.74, 6) is -0.806. The number of hydrogen-bond acceptors (Lipinski definition) is 7. The van der Waals surface area contributed by atoms with Crippen molar-refractivity contribution in [3.05, 3.63) is 24.2 Å². The third kappa shape index (κ3) is 5.53. The van der Waals surface area contributed by atoms with Gasteiger partial charge in [-0.25, -0.2) is 9.59 Å². The Bertz CT molecular complexity index is 747. The number of hydrogen-bond donors (Lipinski definition) is 2. The van der Waals surface area contributed by atoms with Crippen molar-refractivity contribution >= 4 is 35.6 Å². The predicted octanol–water partition coefficient (Wildman–Crippen LogP) is 1.94. The molecule has 9 nitrogen and oxygen atoms in total. The molecule has 0 unspecified atom stereocenters. The van der Waals surface area contributed by atoms with E-state index in [9.17, 15) is 19.2 Å². The number of nitrogens with one attached hydrogen (secondary N) is 2. The third-order valence-electron chi connectivity index (χ3n) is 4.96. The number of esters is 1. The molecule has 2 atom stereocenters. The maximum atomic E-state index is 12.4. The molecule has 2 fully saturated rings. The minimum absolute atomic E-state index is 0.0669. The quantitative estimate of drug-likeness (QED) is 0.695. The topological polar surface area (TPSA) is 118 Å². The Morgan fingerprint density at radius 3 is 2.66 bits per heavy atom. The van der Waals surface area contributed by atoms with Crippen LogP contribution in [-0.2, 0) is 19.1 Å². The fourth-order valence-corrected chi connectivity index (χ4v) is 5.00. The van der Waals surface area contributed by atoms with Crippen LogP contribution < -0.4 is 10.6 Å². The average molecular weight is 423 g/mol. The SMILES string of the molecule is CC(=O)N1[C@@H](C(=O)OCC(=O)NC(=O)NC2CCCCC2)CS[C@H]1c1ccco1. The van der Waals surface area contributed by atoms with E-state index in [0.717, 1.165) is 32.1 Å². The summed E-state index contributed by atoms with van der Waals surface area (Å²) in [7, 11) is 0. The number of carbonyl (C=O) groups excluding carboxylic acids is 4. The number of thioether (sulfide) groups is 1. The number of amides is 4. The van der Waals surface area contributed by atoms with Gasteiger partial charge in [-0.1, -0.05) is 19.3 Å². The summed E-state index contributed by atoms with van der Waals surface area (Å²) in [4.78, 5) is 49.7. The van der Waals surface area contributed by atoms with E-state index in [0.29, 0.717) is 11.5 Å². The second kappa shape index (κ2) is 9.82. The summed E-state index contributed by atoms with van der Waals surface area (Å²) in [6.45, 7) is 0.777. The van der Waals surface area contributed by atoms with Gasteiger partial charge in [-0.3, -0.25) is 14.9 Å². The molecule has 2 N–H and O–H groups in total. The van der Waals surface area contributed by atoms with Crippen LogP contribution in [0.2, 0.25) is 0 Å². The minimum Gasteiger partial charge on any atom is -0.466 e. The van der Waals surface area contributed by atoms with E-state index in [4.69, 9.17) is 9.15 Å². The molecular weight excluding hydrogens is 398 g/mol. The summed E-state index contributed by atoms with van der Waals surface area (Å²) in [6.07, 6.45) is 6.57. The van der Waals surface area contributed by atoms with Gasteiger partial charge in [0.25, 0.3) is 5.91 Å². The average Bonchev–Trinajstić information content (AvgIpc) is 3.36. The first-order valence-corrected chi connectivity index (χ1v) is 10.7. The molecule has 2 heterocycles. The van der Waals surface area contributed by atoms with Gasteiger partial charge in [0.05, 0.1) is 6.26 Å². The lowest BCUT2D eigenvalue weighted by molar-refractivity contribution is -0.156. The maximum absolute atomic E-state index is 12.4. The van der Waals surface area contributed by atoms with E-state index < -0.39 is 35.9 Å². The van der Waals surface area contributed by atoms with Gasteiger partial charge in [0, 0.05) is 18.7 Å². The molecule has 1 aliphatic heterocycles. The highest BCUT2D eigenvalue weighted by Crippen LogP contribution is 2.41. The standard InChI is InChI=1S/C19H25N3O6S/c1-12(23)22-14(11-29-17(22)15-8-5-9-27-15)18(25)28-10-16(24)21-19(26)20-13-6-3-2-4-7-13/h5,8-9,13-14,17H,2-4,6-7,10-11H2,1H3,(H2,20,21,24,26)/t14-,17+/m1/s1. The molecular formula is C19H25N3O6S. The molecule has 0 bridgehead atoms. The van der Waals surface area contributed by atoms with E-state index in [1.807, 2.05) is 0 Å². The van der Waals surface area contributed by atoms with Gasteiger partial charge < -0.3 is 19.4 Å². The largest absolute Gasteiger partial charge is 0.466 e. The van der Waals surface area contributed by atoms with Gasteiger partial charge >= 0.3 is 12.0 Å². The number of furan rings is 1. The Morgan fingerprint density at radius 2 is 2.00 bits per heavy atom. The fraction of sp³-hybridized carbons (Fsp3) is 0.579. The van der Waals surface area contributed by atoms with Crippen LogP contribution in [0.25, 0.3) is 0 Å². The Labute approximate surface area is 172 Å². The van der Waals surface area contributed by atoms with Crippen molar-refractivity contribution in [1.82, 2.24) is 15.5 Å². The zero-order valence-corrected chi connectivity index (χ0v) is 17.0. The molecule has 2 aliphatic rings. The first kappa shape index (κ1) is 21.2. The minimum atomic E-state index is -0.823. The van der Waals surface area contributed by atoms with Gasteiger partial charge in [-0.2, -0.15) is 0 Å². The van der Waals surface area contributed by atoms with Crippen LogP contribution in [-0.4, -0.2) is 53.2 Å². The van der Waals surface area contributed by atoms with E-state index >= 15 is 0 Å². The second-order valence-electron chi connectivity index (χ2n) is 7.11. The molecule has 0 spiro atoms. The number of carbonyl (C=O) groups is 4. The highest BCUT2D eigenvalue weighted by Gasteiger charge is 2.43. The summed E-state index contributed by atoms with van der Waals surface area (Å²) < 4.78 is 10.4. The highest BCUT2D eigenvalue weighted by atomic mass is 32.2. The number of urea groups is 1. The van der Waals surface area contributed by atoms with Gasteiger partial charge in [-0.15, -0.1) is 11.8 Å². The summed E-state index contributed by atoms with van der Waals surface area (Å²) in [5.41, 5.74) is 0. The Kier molecular flexibility index (Phi) is 7.18. The molecule has 1 saturated heterocycles. The van der Waals surface area contributed by atoms with Crippen molar-refractivity contribution < 1.29 is 28.3 Å². The summed E-state index contributed by atoms with van der Waals surface area (Å²) in [5, 5.41) is 4.51. The molecule has 4 amide bonds. The van der Waals surface area contributed by atoms with Crippen LogP contribution in [0.4, 0.5) is 4.79 Å². The van der Waals surface area contributed by atoms with Crippen molar-refractivity contribution in [2.45, 2.75) is 56.5 Å². The van der Waals surface area contributed by atoms with E-state index in [2.05, 4.69) is 10.6 Å². The van der Waals surface area contributed by atoms with E-state index in [1.165, 1.54) is 29.8 Å². The molecule has 29 heavy (non-hydrogen) atoms. The lowest BCUT2D eigenvalue weighted by Gasteiger charge is -2.25. The van der Waals surface area contributed by atoms with Gasteiger partial charge in [-0.05, 0) is 25.0 Å². The van der Waals surface area contributed by atoms with Crippen molar-refractivity contribution in [1.29, 1.82) is 0 Å². The zero-order chi connectivity index (χ0) is 20.8. The van der Waals surface area contributed by atoms with Crippen LogP contribution >= 0.6 is 11.8 Å². The first-order chi connectivity index (χ1) is 14.0. The van der Waals surface area contributed by atoms with E-state index in [1.54, 1.807) is 12.1 Å². The maximum Gasteiger partial charge on any atom is 0.330 e. The van der Waals surface area contributed by atoms with Gasteiger partial charge in [0.15, 0.2) is 6.61 Å². The summed E-state index contributed by atoms with van der Waals surface area (Å²) >= 11 is 1.38. The number of rotatable bonds is 5. The molecule has 1 saturated carbocycles. The number of ether oxygens (including phenoxy) is 1. The molecule has 1 aromatic heterocycles. The number of imide groups is 1. The van der Waals surface area contributed by atoms with Crippen LogP contribution in [0, 0.1) is 0 Å². The van der Waals surface area contributed by atoms with Crippen LogP contribution in [0.1, 0.15) is 50.2 Å². The highest BCUT2D eigenvalue weighted by molar-refractivity contribution is 7.99. The fourth-order valence-electron chi connectivity index (χ4n) is 3.59. The zero-order valence-electron chi connectivity index (χ0n) is 16.2. The van der Waals surface area contributed by atoms with E-state index in [-0.39, 0.29) is 11.9 Å². The molecule has 10 heteroatoms. The third-order valence-corrected chi connectivity index (χ3v) is 6.24. The molecule has 158 valence electrons. The Morgan fingerprint density at radius 1 is 1.24 bits per heavy atom. The molecule has 0 aromatic carbocycles. The van der Waals surface area contributed by atoms with Crippen LogP contribution in [0.3, 0.4) is 0 Å². The molecule has 1 aromatic rings. The molecule has 3 rings (SSSR count). The molecule has 0 radical (unpaired) electrons. The van der Waals surface area contributed by atoms with Crippen LogP contribution in [0.15, 0.2) is 22.8 Å². The predicted molar refractivity (Wildman–Crippen MR) is 105 cm³/mol. The van der Waals surface area contributed by atoms with Gasteiger partial charge in [0.2, 0.25) is 5.91 Å². The number of nitrogens with zero attached hydrogens (tertiary/aromatic N) is 1. The lowest BCUT2D eigenvalue weighted by atomic mass is 9.96. The molecule has 1 aliphatic carbocycles. The van der Waals surface area contributed by atoms with Crippen molar-refractivity contribution in [3.8, 4) is 0 Å². The Hall–Kier alpha value is -2.49. The second-order valence-corrected chi connectivity index (χ2v) is 8.22. The van der Waals surface area contributed by atoms with Crippen molar-refractivity contribution in [2.75, 3.05) is 12.4 Å². The normalized spacial score (nSPS) is 22.2. The summed E-state index contributed by atoms with van der Waals surface area (Å²) in [6, 6.07) is 2.11. The van der Waals surface area contributed by atoms with Crippen molar-refractivity contribution in [3.63, 3.8) is 0 Å². The smallest absolute Gasteiger partial charge is 0.330 e. The van der Waals surface area contributed by atoms with Crippen LogP contribution in [0.5, 0.6) is 0 Å². The van der Waals surface area contributed by atoms with Crippen molar-refractivity contribution in [2.24, 2.45) is 0 Å².